The van der Waals surface area contributed by atoms with E-state index in [1.807, 2.05) is 24.3 Å². The molecule has 1 amide bonds. The lowest BCUT2D eigenvalue weighted by Crippen LogP contribution is -2.27. The van der Waals surface area contributed by atoms with Gasteiger partial charge in [0, 0.05) is 24.8 Å². The van der Waals surface area contributed by atoms with Crippen molar-refractivity contribution in [1.29, 1.82) is 0 Å². The molecule has 0 N–H and O–H groups in total. The lowest BCUT2D eigenvalue weighted by molar-refractivity contribution is -0.127. The molecule has 1 aromatic heterocycles. The van der Waals surface area contributed by atoms with Gasteiger partial charge in [-0.1, -0.05) is 23.9 Å². The highest BCUT2D eigenvalue weighted by atomic mass is 32.2. The van der Waals surface area contributed by atoms with Gasteiger partial charge in [0.15, 0.2) is 11.0 Å². The van der Waals surface area contributed by atoms with E-state index in [1.54, 1.807) is 47.9 Å². The van der Waals surface area contributed by atoms with Crippen LogP contribution in [-0.2, 0) is 11.3 Å². The number of amides is 1. The van der Waals surface area contributed by atoms with Crippen LogP contribution in [0.15, 0.2) is 78.0 Å². The molecule has 0 spiro atoms. The Bertz CT molecular complexity index is 1280. The molecular formula is C25H22F2N4O2S. The lowest BCUT2D eigenvalue weighted by Gasteiger charge is -2.17. The van der Waals surface area contributed by atoms with Crippen molar-refractivity contribution >= 4 is 17.7 Å². The molecule has 0 aliphatic heterocycles. The van der Waals surface area contributed by atoms with Gasteiger partial charge in [0.25, 0.3) is 0 Å². The first kappa shape index (κ1) is 23.4. The SMILES string of the molecule is COc1cccc(CN(C)C(=O)CSc2nnc(-c3ccc(F)cc3)n2-c2ccc(F)cc2)c1. The Labute approximate surface area is 200 Å². The first-order chi connectivity index (χ1) is 16.4. The van der Waals surface area contributed by atoms with Gasteiger partial charge < -0.3 is 9.64 Å². The molecule has 0 aliphatic carbocycles. The molecule has 4 rings (SSSR count). The zero-order chi connectivity index (χ0) is 24.1. The summed E-state index contributed by atoms with van der Waals surface area (Å²) >= 11 is 1.23. The molecule has 9 heteroatoms. The van der Waals surface area contributed by atoms with Crippen molar-refractivity contribution in [2.75, 3.05) is 19.9 Å². The van der Waals surface area contributed by atoms with E-state index in [-0.39, 0.29) is 23.3 Å². The molecule has 0 fully saturated rings. The van der Waals surface area contributed by atoms with Crippen molar-refractivity contribution < 1.29 is 18.3 Å². The topological polar surface area (TPSA) is 60.2 Å². The number of carbonyl (C=O) groups excluding carboxylic acids is 1. The van der Waals surface area contributed by atoms with Crippen molar-refractivity contribution in [2.24, 2.45) is 0 Å². The van der Waals surface area contributed by atoms with Crippen LogP contribution in [0.4, 0.5) is 8.78 Å². The summed E-state index contributed by atoms with van der Waals surface area (Å²) in [5.74, 6) is 0.493. The van der Waals surface area contributed by atoms with Crippen LogP contribution in [0.2, 0.25) is 0 Å². The summed E-state index contributed by atoms with van der Waals surface area (Å²) in [6.07, 6.45) is 0. The van der Waals surface area contributed by atoms with Crippen LogP contribution in [0.5, 0.6) is 5.75 Å². The van der Waals surface area contributed by atoms with Crippen LogP contribution in [-0.4, -0.2) is 45.5 Å². The fourth-order valence-electron chi connectivity index (χ4n) is 3.34. The number of ether oxygens (including phenoxy) is 1. The number of carbonyl (C=O) groups is 1. The Morgan fingerprint density at radius 3 is 2.35 bits per heavy atom. The number of hydrogen-bond donors (Lipinski definition) is 0. The Balaban J connectivity index is 1.54. The summed E-state index contributed by atoms with van der Waals surface area (Å²) in [7, 11) is 3.33. The van der Waals surface area contributed by atoms with Crippen molar-refractivity contribution in [1.82, 2.24) is 19.7 Å². The molecule has 174 valence electrons. The van der Waals surface area contributed by atoms with E-state index < -0.39 is 0 Å². The van der Waals surface area contributed by atoms with E-state index in [4.69, 9.17) is 4.74 Å². The Hall–Kier alpha value is -3.72. The number of nitrogens with zero attached hydrogens (tertiary/aromatic N) is 4. The Kier molecular flexibility index (Phi) is 7.22. The third-order valence-corrected chi connectivity index (χ3v) is 6.04. The zero-order valence-electron chi connectivity index (χ0n) is 18.6. The highest BCUT2D eigenvalue weighted by molar-refractivity contribution is 7.99. The summed E-state index contributed by atoms with van der Waals surface area (Å²) in [6.45, 7) is 0.433. The molecule has 0 saturated heterocycles. The second kappa shape index (κ2) is 10.5. The third-order valence-electron chi connectivity index (χ3n) is 5.12. The molecule has 0 saturated carbocycles. The average Bonchev–Trinajstić information content (AvgIpc) is 3.27. The summed E-state index contributed by atoms with van der Waals surface area (Å²) < 4.78 is 33.9. The molecular weight excluding hydrogens is 458 g/mol. The van der Waals surface area contributed by atoms with Crippen molar-refractivity contribution in [3.8, 4) is 22.8 Å². The predicted molar refractivity (Wildman–Crippen MR) is 127 cm³/mol. The second-order valence-corrected chi connectivity index (χ2v) is 8.46. The molecule has 0 unspecified atom stereocenters. The van der Waals surface area contributed by atoms with Gasteiger partial charge in [-0.15, -0.1) is 10.2 Å². The molecule has 34 heavy (non-hydrogen) atoms. The maximum atomic E-state index is 13.5. The van der Waals surface area contributed by atoms with Gasteiger partial charge in [0.2, 0.25) is 5.91 Å². The molecule has 0 radical (unpaired) electrons. The average molecular weight is 481 g/mol. The Morgan fingerprint density at radius 1 is 1.00 bits per heavy atom. The maximum absolute atomic E-state index is 13.5. The summed E-state index contributed by atoms with van der Waals surface area (Å²) in [5.41, 5.74) is 2.23. The van der Waals surface area contributed by atoms with Gasteiger partial charge in [-0.2, -0.15) is 0 Å². The van der Waals surface area contributed by atoms with E-state index in [1.165, 1.54) is 36.0 Å². The number of methoxy groups -OCH3 is 1. The van der Waals surface area contributed by atoms with Gasteiger partial charge in [-0.05, 0) is 66.2 Å². The standard InChI is InChI=1S/C25H22F2N4O2S/c1-30(15-17-4-3-5-22(14-17)33-2)23(32)16-34-25-29-28-24(18-6-8-19(26)9-7-18)31(25)21-12-10-20(27)11-13-21/h3-14H,15-16H2,1-2H3. The minimum absolute atomic E-state index is 0.0928. The van der Waals surface area contributed by atoms with Crippen LogP contribution >= 0.6 is 11.8 Å². The van der Waals surface area contributed by atoms with Crippen LogP contribution in [0.25, 0.3) is 17.1 Å². The first-order valence-corrected chi connectivity index (χ1v) is 11.4. The molecule has 0 atom stereocenters. The fraction of sp³-hybridized carbons (Fsp3) is 0.160. The number of halogens is 2. The Morgan fingerprint density at radius 2 is 1.68 bits per heavy atom. The van der Waals surface area contributed by atoms with E-state index in [0.29, 0.717) is 28.8 Å². The number of hydrogen-bond acceptors (Lipinski definition) is 5. The molecule has 0 aliphatic rings. The van der Waals surface area contributed by atoms with E-state index >= 15 is 0 Å². The molecule has 1 heterocycles. The van der Waals surface area contributed by atoms with Crippen molar-refractivity contribution in [2.45, 2.75) is 11.7 Å². The zero-order valence-corrected chi connectivity index (χ0v) is 19.4. The fourth-order valence-corrected chi connectivity index (χ4v) is 4.23. The molecule has 0 bridgehead atoms. The first-order valence-electron chi connectivity index (χ1n) is 10.4. The third kappa shape index (κ3) is 5.43. The van der Waals surface area contributed by atoms with E-state index in [0.717, 1.165) is 11.3 Å². The lowest BCUT2D eigenvalue weighted by atomic mass is 10.2. The number of thioether (sulfide) groups is 1. The number of aromatic nitrogens is 3. The van der Waals surface area contributed by atoms with E-state index in [2.05, 4.69) is 10.2 Å². The number of benzene rings is 3. The van der Waals surface area contributed by atoms with Crippen LogP contribution < -0.4 is 4.74 Å². The monoisotopic (exact) mass is 480 g/mol. The van der Waals surface area contributed by atoms with Gasteiger partial charge >= 0.3 is 0 Å². The highest BCUT2D eigenvalue weighted by Crippen LogP contribution is 2.28. The van der Waals surface area contributed by atoms with E-state index in [9.17, 15) is 13.6 Å². The van der Waals surface area contributed by atoms with Crippen molar-refractivity contribution in [3.63, 3.8) is 0 Å². The van der Waals surface area contributed by atoms with Crippen LogP contribution in [0.3, 0.4) is 0 Å². The van der Waals surface area contributed by atoms with Crippen LogP contribution in [0, 0.1) is 11.6 Å². The maximum Gasteiger partial charge on any atom is 0.233 e. The summed E-state index contributed by atoms with van der Waals surface area (Å²) in [4.78, 5) is 14.4. The summed E-state index contributed by atoms with van der Waals surface area (Å²) in [5, 5.41) is 8.98. The van der Waals surface area contributed by atoms with Crippen LogP contribution in [0.1, 0.15) is 5.56 Å². The molecule has 4 aromatic rings. The van der Waals surface area contributed by atoms with Crippen molar-refractivity contribution in [3.05, 3.63) is 90.0 Å². The quantitative estimate of drug-likeness (QED) is 0.333. The molecule has 6 nitrogen and oxygen atoms in total. The number of rotatable bonds is 8. The van der Waals surface area contributed by atoms with Gasteiger partial charge in [0.1, 0.15) is 17.4 Å². The van der Waals surface area contributed by atoms with Gasteiger partial charge in [-0.3, -0.25) is 9.36 Å². The minimum Gasteiger partial charge on any atom is -0.497 e. The summed E-state index contributed by atoms with van der Waals surface area (Å²) in [6, 6.07) is 19.3. The van der Waals surface area contributed by atoms with Gasteiger partial charge in [0.05, 0.1) is 12.9 Å². The molecule has 3 aromatic carbocycles. The minimum atomic E-state index is -0.372. The highest BCUT2D eigenvalue weighted by Gasteiger charge is 2.19. The van der Waals surface area contributed by atoms with Gasteiger partial charge in [-0.25, -0.2) is 8.78 Å². The smallest absolute Gasteiger partial charge is 0.233 e. The normalized spacial score (nSPS) is 10.8. The predicted octanol–water partition coefficient (Wildman–Crippen LogP) is 4.97. The largest absolute Gasteiger partial charge is 0.497 e. The second-order valence-electron chi connectivity index (χ2n) is 7.51.